The van der Waals surface area contributed by atoms with Gasteiger partial charge in [-0.25, -0.2) is 4.39 Å². The zero-order valence-corrected chi connectivity index (χ0v) is 11.8. The molecule has 0 bridgehead atoms. The molecule has 1 amide bonds. The molecule has 1 atom stereocenters. The van der Waals surface area contributed by atoms with Gasteiger partial charge in [0, 0.05) is 10.6 Å². The molecule has 0 spiro atoms. The van der Waals surface area contributed by atoms with Crippen LogP contribution in [0.15, 0.2) is 53.4 Å². The van der Waals surface area contributed by atoms with Gasteiger partial charge in [0.15, 0.2) is 0 Å². The lowest BCUT2D eigenvalue weighted by Gasteiger charge is -2.13. The van der Waals surface area contributed by atoms with E-state index in [1.165, 1.54) is 23.9 Å². The topological polar surface area (TPSA) is 55.1 Å². The number of nitrogens with two attached hydrogens (primary N) is 1. The number of hydrogen-bond donors (Lipinski definition) is 2. The van der Waals surface area contributed by atoms with Crippen LogP contribution >= 0.6 is 11.8 Å². The number of benzene rings is 2. The maximum Gasteiger partial charge on any atom is 0.237 e. The van der Waals surface area contributed by atoms with E-state index in [1.54, 1.807) is 25.1 Å². The molecule has 0 radical (unpaired) electrons. The highest BCUT2D eigenvalue weighted by atomic mass is 32.2. The minimum Gasteiger partial charge on any atom is -0.398 e. The summed E-state index contributed by atoms with van der Waals surface area (Å²) in [6.07, 6.45) is 0. The zero-order valence-electron chi connectivity index (χ0n) is 11.0. The summed E-state index contributed by atoms with van der Waals surface area (Å²) in [5, 5.41) is 2.20. The summed E-state index contributed by atoms with van der Waals surface area (Å²) in [4.78, 5) is 12.9. The standard InChI is InChI=1S/C15H15FN2OS/c1-10(20-14-9-5-3-7-12(14)17)15(19)18-13-8-4-2-6-11(13)16/h2-10H,17H2,1H3,(H,18,19). The molecule has 2 aromatic rings. The lowest BCUT2D eigenvalue weighted by molar-refractivity contribution is -0.115. The average Bonchev–Trinajstić information content (AvgIpc) is 2.43. The number of rotatable bonds is 4. The second kappa shape index (κ2) is 6.43. The molecule has 20 heavy (non-hydrogen) atoms. The smallest absolute Gasteiger partial charge is 0.237 e. The maximum atomic E-state index is 13.5. The molecular formula is C15H15FN2OS. The highest BCUT2D eigenvalue weighted by Gasteiger charge is 2.16. The van der Waals surface area contributed by atoms with E-state index in [2.05, 4.69) is 5.32 Å². The van der Waals surface area contributed by atoms with Crippen LogP contribution in [-0.4, -0.2) is 11.2 Å². The van der Waals surface area contributed by atoms with Crippen LogP contribution in [-0.2, 0) is 4.79 Å². The minimum absolute atomic E-state index is 0.186. The molecule has 0 saturated carbocycles. The first-order valence-electron chi connectivity index (χ1n) is 6.14. The van der Waals surface area contributed by atoms with E-state index in [0.29, 0.717) is 5.69 Å². The van der Waals surface area contributed by atoms with E-state index < -0.39 is 5.82 Å². The minimum atomic E-state index is -0.447. The Hall–Kier alpha value is -2.01. The number of carbonyl (C=O) groups is 1. The molecule has 3 nitrogen and oxygen atoms in total. The summed E-state index contributed by atoms with van der Waals surface area (Å²) in [6.45, 7) is 1.76. The third kappa shape index (κ3) is 3.51. The summed E-state index contributed by atoms with van der Waals surface area (Å²) >= 11 is 1.34. The summed E-state index contributed by atoms with van der Waals surface area (Å²) < 4.78 is 13.5. The summed E-state index contributed by atoms with van der Waals surface area (Å²) in [5.74, 6) is -0.708. The molecule has 0 heterocycles. The van der Waals surface area contributed by atoms with Gasteiger partial charge >= 0.3 is 0 Å². The van der Waals surface area contributed by atoms with Gasteiger partial charge in [0.2, 0.25) is 5.91 Å². The van der Waals surface area contributed by atoms with Crippen molar-refractivity contribution in [3.63, 3.8) is 0 Å². The van der Waals surface area contributed by atoms with Crippen LogP contribution < -0.4 is 11.1 Å². The van der Waals surface area contributed by atoms with Crippen molar-refractivity contribution in [3.05, 3.63) is 54.3 Å². The summed E-state index contributed by atoms with van der Waals surface area (Å²) in [7, 11) is 0. The molecule has 2 aromatic carbocycles. The summed E-state index contributed by atoms with van der Waals surface area (Å²) in [6, 6.07) is 13.4. The predicted molar refractivity (Wildman–Crippen MR) is 81.2 cm³/mol. The van der Waals surface area contributed by atoms with Gasteiger partial charge in [0.25, 0.3) is 0 Å². The number of thioether (sulfide) groups is 1. The molecule has 0 aliphatic carbocycles. The van der Waals surface area contributed by atoms with E-state index in [9.17, 15) is 9.18 Å². The zero-order chi connectivity index (χ0) is 14.5. The lowest BCUT2D eigenvalue weighted by atomic mass is 10.3. The van der Waals surface area contributed by atoms with Gasteiger partial charge in [-0.2, -0.15) is 0 Å². The van der Waals surface area contributed by atoms with Crippen molar-refractivity contribution < 1.29 is 9.18 Å². The molecule has 0 aromatic heterocycles. The third-order valence-corrected chi connectivity index (χ3v) is 3.92. The number of amides is 1. The van der Waals surface area contributed by atoms with Gasteiger partial charge in [-0.15, -0.1) is 11.8 Å². The largest absolute Gasteiger partial charge is 0.398 e. The fraction of sp³-hybridized carbons (Fsp3) is 0.133. The van der Waals surface area contributed by atoms with Gasteiger partial charge in [-0.3, -0.25) is 4.79 Å². The van der Waals surface area contributed by atoms with E-state index in [0.717, 1.165) is 4.90 Å². The Balaban J connectivity index is 2.03. The highest BCUT2D eigenvalue weighted by molar-refractivity contribution is 8.00. The quantitative estimate of drug-likeness (QED) is 0.669. The number of nitrogens with one attached hydrogen (secondary N) is 1. The first-order valence-corrected chi connectivity index (χ1v) is 7.02. The Bertz CT molecular complexity index is 618. The highest BCUT2D eigenvalue weighted by Crippen LogP contribution is 2.29. The van der Waals surface area contributed by atoms with E-state index in [-0.39, 0.29) is 16.8 Å². The van der Waals surface area contributed by atoms with E-state index in [1.807, 2.05) is 18.2 Å². The van der Waals surface area contributed by atoms with Crippen LogP contribution in [0.25, 0.3) is 0 Å². The molecule has 5 heteroatoms. The molecule has 104 valence electrons. The number of hydrogen-bond acceptors (Lipinski definition) is 3. The fourth-order valence-corrected chi connectivity index (χ4v) is 2.54. The molecule has 0 aliphatic rings. The molecule has 2 rings (SSSR count). The Morgan fingerprint density at radius 2 is 1.85 bits per heavy atom. The Kier molecular flexibility index (Phi) is 4.63. The second-order valence-electron chi connectivity index (χ2n) is 4.27. The van der Waals surface area contributed by atoms with Gasteiger partial charge in [0.05, 0.1) is 10.9 Å². The Labute approximate surface area is 121 Å². The predicted octanol–water partition coefficient (Wildman–Crippen LogP) is 3.53. The van der Waals surface area contributed by atoms with Crippen LogP contribution in [0.4, 0.5) is 15.8 Å². The number of halogens is 1. The van der Waals surface area contributed by atoms with E-state index >= 15 is 0 Å². The molecule has 0 saturated heterocycles. The molecule has 1 unspecified atom stereocenters. The number of para-hydroxylation sites is 2. The number of anilines is 2. The Morgan fingerprint density at radius 3 is 2.55 bits per heavy atom. The van der Waals surface area contributed by atoms with E-state index in [4.69, 9.17) is 5.73 Å². The first-order chi connectivity index (χ1) is 9.58. The van der Waals surface area contributed by atoms with Crippen molar-refractivity contribution >= 4 is 29.0 Å². The number of nitrogen functional groups attached to an aromatic ring is 1. The van der Waals surface area contributed by atoms with Gasteiger partial charge < -0.3 is 11.1 Å². The van der Waals surface area contributed by atoms with Gasteiger partial charge in [0.1, 0.15) is 5.82 Å². The van der Waals surface area contributed by atoms with Crippen LogP contribution in [0.2, 0.25) is 0 Å². The lowest BCUT2D eigenvalue weighted by Crippen LogP contribution is -2.23. The maximum absolute atomic E-state index is 13.5. The van der Waals surface area contributed by atoms with Crippen LogP contribution in [0.3, 0.4) is 0 Å². The van der Waals surface area contributed by atoms with Crippen LogP contribution in [0, 0.1) is 5.82 Å². The molecule has 3 N–H and O–H groups in total. The van der Waals surface area contributed by atoms with Crippen molar-refractivity contribution in [2.45, 2.75) is 17.1 Å². The number of carbonyl (C=O) groups excluding carboxylic acids is 1. The average molecular weight is 290 g/mol. The van der Waals surface area contributed by atoms with Gasteiger partial charge in [-0.1, -0.05) is 24.3 Å². The van der Waals surface area contributed by atoms with Crippen LogP contribution in [0.5, 0.6) is 0 Å². The van der Waals surface area contributed by atoms with Gasteiger partial charge in [-0.05, 0) is 31.2 Å². The second-order valence-corrected chi connectivity index (χ2v) is 5.65. The van der Waals surface area contributed by atoms with Crippen LogP contribution in [0.1, 0.15) is 6.92 Å². The van der Waals surface area contributed by atoms with Crippen molar-refractivity contribution in [1.82, 2.24) is 0 Å². The van der Waals surface area contributed by atoms with Crippen molar-refractivity contribution in [1.29, 1.82) is 0 Å². The molecule has 0 fully saturated rings. The normalized spacial score (nSPS) is 11.9. The SMILES string of the molecule is CC(Sc1ccccc1N)C(=O)Nc1ccccc1F. The van der Waals surface area contributed by atoms with Crippen molar-refractivity contribution in [2.75, 3.05) is 11.1 Å². The Morgan fingerprint density at radius 1 is 1.20 bits per heavy atom. The molecular weight excluding hydrogens is 275 g/mol. The monoisotopic (exact) mass is 290 g/mol. The summed E-state index contributed by atoms with van der Waals surface area (Å²) in [5.41, 5.74) is 6.65. The fourth-order valence-electron chi connectivity index (χ4n) is 1.63. The van der Waals surface area contributed by atoms with Crippen molar-refractivity contribution in [3.8, 4) is 0 Å². The molecule has 0 aliphatic heterocycles. The first kappa shape index (κ1) is 14.4. The van der Waals surface area contributed by atoms with Crippen molar-refractivity contribution in [2.24, 2.45) is 0 Å². The third-order valence-electron chi connectivity index (χ3n) is 2.72.